The highest BCUT2D eigenvalue weighted by Crippen LogP contribution is 2.41. The number of hydrogen-bond acceptors (Lipinski definition) is 3. The van der Waals surface area contributed by atoms with E-state index in [-0.39, 0.29) is 5.54 Å². The molecule has 0 amide bonds. The van der Waals surface area contributed by atoms with Gasteiger partial charge in [0.2, 0.25) is 0 Å². The van der Waals surface area contributed by atoms with Crippen molar-refractivity contribution in [3.8, 4) is 0 Å². The summed E-state index contributed by atoms with van der Waals surface area (Å²) in [7, 11) is 4.54. The Morgan fingerprint density at radius 2 is 1.62 bits per heavy atom. The minimum absolute atomic E-state index is 0.273. The van der Waals surface area contributed by atoms with Gasteiger partial charge in [-0.05, 0) is 51.6 Å². The van der Waals surface area contributed by atoms with E-state index in [0.717, 1.165) is 11.8 Å². The highest BCUT2D eigenvalue weighted by Gasteiger charge is 2.44. The Morgan fingerprint density at radius 3 is 2.05 bits per heavy atom. The fourth-order valence-electron chi connectivity index (χ4n) is 5.04. The highest BCUT2D eigenvalue weighted by molar-refractivity contribution is 5.02. The summed E-state index contributed by atoms with van der Waals surface area (Å²) in [6.07, 6.45) is 15.0. The molecule has 0 aromatic rings. The van der Waals surface area contributed by atoms with Gasteiger partial charge in [0.1, 0.15) is 0 Å². The molecular weight excluding hydrogens is 258 g/mol. The first-order valence-corrected chi connectivity index (χ1v) is 9.27. The number of nitrogens with two attached hydrogens (primary N) is 1. The van der Waals surface area contributed by atoms with E-state index in [1.165, 1.54) is 70.6 Å². The Hall–Kier alpha value is -0.120. The second-order valence-corrected chi connectivity index (χ2v) is 7.75. The van der Waals surface area contributed by atoms with E-state index in [2.05, 4.69) is 31.3 Å². The normalized spacial score (nSPS) is 31.9. The largest absolute Gasteiger partial charge is 0.302 e. The fraction of sp³-hybridized carbons (Fsp3) is 1.00. The lowest BCUT2D eigenvalue weighted by molar-refractivity contribution is 0.0371. The van der Waals surface area contributed by atoms with Gasteiger partial charge in [-0.15, -0.1) is 0 Å². The van der Waals surface area contributed by atoms with Crippen LogP contribution in [0.4, 0.5) is 0 Å². The molecule has 3 N–H and O–H groups in total. The lowest BCUT2D eigenvalue weighted by Crippen LogP contribution is -2.63. The molecular formula is C18H37N3. The Balaban J connectivity index is 2.12. The molecule has 3 nitrogen and oxygen atoms in total. The monoisotopic (exact) mass is 295 g/mol. The molecule has 0 aliphatic heterocycles. The zero-order valence-corrected chi connectivity index (χ0v) is 14.5. The van der Waals surface area contributed by atoms with Crippen LogP contribution in [-0.2, 0) is 0 Å². The van der Waals surface area contributed by atoms with Crippen molar-refractivity contribution in [1.29, 1.82) is 0 Å². The van der Waals surface area contributed by atoms with Crippen LogP contribution in [0.25, 0.3) is 0 Å². The van der Waals surface area contributed by atoms with Crippen LogP contribution in [0.2, 0.25) is 0 Å². The average molecular weight is 296 g/mol. The lowest BCUT2D eigenvalue weighted by atomic mass is 9.69. The smallest absolute Gasteiger partial charge is 0.0422 e. The first-order chi connectivity index (χ1) is 10.1. The Bertz CT molecular complexity index is 287. The van der Waals surface area contributed by atoms with Crippen LogP contribution in [0, 0.1) is 11.8 Å². The van der Waals surface area contributed by atoms with Crippen molar-refractivity contribution in [3.63, 3.8) is 0 Å². The van der Waals surface area contributed by atoms with Crippen LogP contribution in [0.1, 0.15) is 77.6 Å². The van der Waals surface area contributed by atoms with E-state index in [4.69, 9.17) is 5.84 Å². The summed E-state index contributed by atoms with van der Waals surface area (Å²) >= 11 is 0. The minimum Gasteiger partial charge on any atom is -0.302 e. The van der Waals surface area contributed by atoms with Gasteiger partial charge in [0, 0.05) is 11.6 Å². The van der Waals surface area contributed by atoms with E-state index < -0.39 is 0 Å². The van der Waals surface area contributed by atoms with Crippen molar-refractivity contribution in [2.75, 3.05) is 14.1 Å². The van der Waals surface area contributed by atoms with Crippen molar-refractivity contribution in [2.24, 2.45) is 17.7 Å². The van der Waals surface area contributed by atoms with Crippen molar-refractivity contribution >= 4 is 0 Å². The maximum atomic E-state index is 6.10. The molecule has 0 aromatic carbocycles. The van der Waals surface area contributed by atoms with E-state index in [1.54, 1.807) is 0 Å². The fourth-order valence-corrected chi connectivity index (χ4v) is 5.04. The number of likely N-dealkylation sites (N-methyl/N-ethyl adjacent to an activating group) is 1. The van der Waals surface area contributed by atoms with Gasteiger partial charge in [0.25, 0.3) is 0 Å². The van der Waals surface area contributed by atoms with Gasteiger partial charge in [-0.2, -0.15) is 0 Å². The molecule has 0 radical (unpaired) electrons. The van der Waals surface area contributed by atoms with Crippen LogP contribution in [0.15, 0.2) is 0 Å². The molecule has 0 spiro atoms. The number of nitrogens with zero attached hydrogens (tertiary/aromatic N) is 1. The third kappa shape index (κ3) is 3.80. The van der Waals surface area contributed by atoms with Gasteiger partial charge < -0.3 is 4.90 Å². The minimum atomic E-state index is 0.273. The molecule has 1 atom stereocenters. The molecule has 2 rings (SSSR count). The third-order valence-electron chi connectivity index (χ3n) is 6.56. The quantitative estimate of drug-likeness (QED) is 0.462. The molecule has 0 bridgehead atoms. The van der Waals surface area contributed by atoms with E-state index in [1.807, 2.05) is 0 Å². The molecule has 0 aromatic heterocycles. The summed E-state index contributed by atoms with van der Waals surface area (Å²) in [5, 5.41) is 0. The predicted molar refractivity (Wildman–Crippen MR) is 91.0 cm³/mol. The van der Waals surface area contributed by atoms with Gasteiger partial charge in [-0.3, -0.25) is 11.3 Å². The van der Waals surface area contributed by atoms with Crippen molar-refractivity contribution in [1.82, 2.24) is 10.3 Å². The molecule has 2 aliphatic rings. The van der Waals surface area contributed by atoms with Crippen molar-refractivity contribution < 1.29 is 0 Å². The topological polar surface area (TPSA) is 41.3 Å². The molecule has 124 valence electrons. The predicted octanol–water partition coefficient (Wildman–Crippen LogP) is 3.69. The Morgan fingerprint density at radius 1 is 1.05 bits per heavy atom. The molecule has 0 heterocycles. The second kappa shape index (κ2) is 7.94. The van der Waals surface area contributed by atoms with Crippen LogP contribution >= 0.6 is 0 Å². The maximum Gasteiger partial charge on any atom is 0.0422 e. The van der Waals surface area contributed by atoms with Gasteiger partial charge >= 0.3 is 0 Å². The first kappa shape index (κ1) is 17.2. The van der Waals surface area contributed by atoms with E-state index in [9.17, 15) is 0 Å². The summed E-state index contributed by atoms with van der Waals surface area (Å²) in [5.41, 5.74) is 3.56. The number of rotatable bonds is 5. The van der Waals surface area contributed by atoms with E-state index >= 15 is 0 Å². The van der Waals surface area contributed by atoms with Crippen LogP contribution in [0.5, 0.6) is 0 Å². The van der Waals surface area contributed by atoms with E-state index in [0.29, 0.717) is 6.04 Å². The molecule has 2 fully saturated rings. The third-order valence-corrected chi connectivity index (χ3v) is 6.56. The maximum absolute atomic E-state index is 6.10. The summed E-state index contributed by atoms with van der Waals surface area (Å²) in [6.45, 7) is 2.34. The van der Waals surface area contributed by atoms with Gasteiger partial charge in [-0.25, -0.2) is 0 Å². The molecule has 0 saturated heterocycles. The zero-order valence-electron chi connectivity index (χ0n) is 14.5. The van der Waals surface area contributed by atoms with Crippen LogP contribution in [0.3, 0.4) is 0 Å². The summed E-state index contributed by atoms with van der Waals surface area (Å²) in [5.74, 6) is 7.82. The summed E-state index contributed by atoms with van der Waals surface area (Å²) in [6, 6.07) is 0.461. The molecule has 2 saturated carbocycles. The molecule has 1 unspecified atom stereocenters. The summed E-state index contributed by atoms with van der Waals surface area (Å²) in [4.78, 5) is 2.49. The van der Waals surface area contributed by atoms with Crippen LogP contribution in [-0.4, -0.2) is 30.6 Å². The average Bonchev–Trinajstić information content (AvgIpc) is 2.76. The standard InChI is InChI=1S/C18H37N3/c1-4-15-9-11-16(12-10-15)17(20-19)18(21(2)3)13-7-5-6-8-14-18/h15-17,20H,4-14,19H2,1-3H3. The lowest BCUT2D eigenvalue weighted by Gasteiger charge is -2.50. The van der Waals surface area contributed by atoms with Gasteiger partial charge in [-0.1, -0.05) is 51.9 Å². The van der Waals surface area contributed by atoms with Gasteiger partial charge in [0.15, 0.2) is 0 Å². The first-order valence-electron chi connectivity index (χ1n) is 9.27. The number of hydrogen-bond donors (Lipinski definition) is 2. The highest BCUT2D eigenvalue weighted by atomic mass is 15.3. The van der Waals surface area contributed by atoms with Gasteiger partial charge in [0.05, 0.1) is 0 Å². The van der Waals surface area contributed by atoms with Crippen LogP contribution < -0.4 is 11.3 Å². The number of hydrazine groups is 1. The second-order valence-electron chi connectivity index (χ2n) is 7.75. The van der Waals surface area contributed by atoms with Crippen molar-refractivity contribution in [3.05, 3.63) is 0 Å². The Kier molecular flexibility index (Phi) is 6.51. The zero-order chi connectivity index (χ0) is 15.3. The SMILES string of the molecule is CCC1CCC(C(NN)C2(N(C)C)CCCCCC2)CC1. The molecule has 2 aliphatic carbocycles. The number of nitrogens with one attached hydrogen (secondary N) is 1. The molecule has 3 heteroatoms. The van der Waals surface area contributed by atoms with Crippen molar-refractivity contribution in [2.45, 2.75) is 89.1 Å². The Labute approximate surface area is 132 Å². The molecule has 21 heavy (non-hydrogen) atoms. The summed E-state index contributed by atoms with van der Waals surface area (Å²) < 4.78 is 0.